The Morgan fingerprint density at radius 2 is 1.75 bits per heavy atom. The van der Waals surface area contributed by atoms with Crippen molar-refractivity contribution in [3.8, 4) is 0 Å². The quantitative estimate of drug-likeness (QED) is 0.556. The fourth-order valence-corrected chi connectivity index (χ4v) is 1.98. The van der Waals surface area contributed by atoms with Gasteiger partial charge in [0, 0.05) is 18.2 Å². The molecular weight excluding hydrogens is 250 g/mol. The van der Waals surface area contributed by atoms with Crippen LogP contribution in [0.15, 0.2) is 30.3 Å². The van der Waals surface area contributed by atoms with Crippen LogP contribution in [0.3, 0.4) is 0 Å². The normalized spacial score (nSPS) is 10.3. The number of hydrogen-bond acceptors (Lipinski definition) is 5. The van der Waals surface area contributed by atoms with Gasteiger partial charge < -0.3 is 10.7 Å². The van der Waals surface area contributed by atoms with E-state index in [0.717, 1.165) is 36.6 Å². The molecule has 0 fully saturated rings. The molecule has 0 atom stereocenters. The molecule has 2 aromatic rings. The van der Waals surface area contributed by atoms with Crippen molar-refractivity contribution >= 4 is 17.3 Å². The van der Waals surface area contributed by atoms with Crippen LogP contribution in [0, 0.1) is 0 Å². The van der Waals surface area contributed by atoms with E-state index in [9.17, 15) is 0 Å². The maximum absolute atomic E-state index is 5.42. The van der Waals surface area contributed by atoms with E-state index in [0.29, 0.717) is 5.82 Å². The standard InChI is InChI=1S/C15H21N5/c1-3-5-11-6-8-12(9-7-11)17-14-10-15(20-16)19-13(4-2)18-14/h6-10H,3-5,16H2,1-2H3,(H2,17,18,19,20). The smallest absolute Gasteiger partial charge is 0.145 e. The van der Waals surface area contributed by atoms with Gasteiger partial charge in [-0.05, 0) is 24.1 Å². The second-order valence-electron chi connectivity index (χ2n) is 4.62. The average molecular weight is 271 g/mol. The number of anilines is 3. The summed E-state index contributed by atoms with van der Waals surface area (Å²) in [6.07, 6.45) is 3.03. The second-order valence-corrected chi connectivity index (χ2v) is 4.62. The third-order valence-corrected chi connectivity index (χ3v) is 3.00. The highest BCUT2D eigenvalue weighted by atomic mass is 15.3. The topological polar surface area (TPSA) is 75.9 Å². The van der Waals surface area contributed by atoms with Gasteiger partial charge in [0.05, 0.1) is 0 Å². The first-order valence-electron chi connectivity index (χ1n) is 6.95. The minimum Gasteiger partial charge on any atom is -0.340 e. The third kappa shape index (κ3) is 3.68. The molecule has 0 aliphatic heterocycles. The highest BCUT2D eigenvalue weighted by Crippen LogP contribution is 2.18. The predicted molar refractivity (Wildman–Crippen MR) is 82.9 cm³/mol. The van der Waals surface area contributed by atoms with E-state index in [4.69, 9.17) is 5.84 Å². The third-order valence-electron chi connectivity index (χ3n) is 3.00. The van der Waals surface area contributed by atoms with Gasteiger partial charge in [-0.3, -0.25) is 0 Å². The predicted octanol–water partition coefficient (Wildman–Crippen LogP) is 3.02. The lowest BCUT2D eigenvalue weighted by Crippen LogP contribution is -2.11. The average Bonchev–Trinajstić information content (AvgIpc) is 2.49. The Bertz CT molecular complexity index is 528. The van der Waals surface area contributed by atoms with Crippen molar-refractivity contribution in [2.45, 2.75) is 33.1 Å². The van der Waals surface area contributed by atoms with Gasteiger partial charge in [0.15, 0.2) is 0 Å². The summed E-state index contributed by atoms with van der Waals surface area (Å²) in [7, 11) is 0. The Hall–Kier alpha value is -2.14. The van der Waals surface area contributed by atoms with Crippen LogP contribution in [0.5, 0.6) is 0 Å². The zero-order valence-corrected chi connectivity index (χ0v) is 12.0. The summed E-state index contributed by atoms with van der Waals surface area (Å²) < 4.78 is 0. The summed E-state index contributed by atoms with van der Waals surface area (Å²) in [6, 6.07) is 10.2. The van der Waals surface area contributed by atoms with Gasteiger partial charge in [-0.2, -0.15) is 0 Å². The largest absolute Gasteiger partial charge is 0.340 e. The molecule has 106 valence electrons. The summed E-state index contributed by atoms with van der Waals surface area (Å²) in [6.45, 7) is 4.19. The van der Waals surface area contributed by atoms with Crippen LogP contribution in [0.4, 0.5) is 17.3 Å². The highest BCUT2D eigenvalue weighted by molar-refractivity contribution is 5.59. The summed E-state index contributed by atoms with van der Waals surface area (Å²) in [5, 5.41) is 3.28. The second kappa shape index (κ2) is 6.86. The van der Waals surface area contributed by atoms with E-state index in [1.807, 2.05) is 6.92 Å². The number of rotatable bonds is 6. The first-order valence-corrected chi connectivity index (χ1v) is 6.95. The zero-order chi connectivity index (χ0) is 14.4. The summed E-state index contributed by atoms with van der Waals surface area (Å²) in [5.41, 5.74) is 4.92. The van der Waals surface area contributed by atoms with Crippen LogP contribution in [0.1, 0.15) is 31.7 Å². The number of aryl methyl sites for hydroxylation is 2. The Kier molecular flexibility index (Phi) is 4.90. The molecular formula is C15H21N5. The summed E-state index contributed by atoms with van der Waals surface area (Å²) in [4.78, 5) is 8.70. The molecule has 2 rings (SSSR count). The van der Waals surface area contributed by atoms with Gasteiger partial charge >= 0.3 is 0 Å². The van der Waals surface area contributed by atoms with Gasteiger partial charge in [-0.25, -0.2) is 15.8 Å². The van der Waals surface area contributed by atoms with Gasteiger partial charge in [0.25, 0.3) is 0 Å². The maximum atomic E-state index is 5.42. The first-order chi connectivity index (χ1) is 9.75. The lowest BCUT2D eigenvalue weighted by Gasteiger charge is -2.09. The molecule has 1 aromatic carbocycles. The van der Waals surface area contributed by atoms with Gasteiger partial charge in [0.2, 0.25) is 0 Å². The number of hydrazine groups is 1. The minimum absolute atomic E-state index is 0.613. The van der Waals surface area contributed by atoms with Crippen molar-refractivity contribution in [2.75, 3.05) is 10.7 Å². The molecule has 0 amide bonds. The number of nitrogens with zero attached hydrogens (tertiary/aromatic N) is 2. The van der Waals surface area contributed by atoms with Crippen molar-refractivity contribution in [3.63, 3.8) is 0 Å². The fraction of sp³-hybridized carbons (Fsp3) is 0.333. The van der Waals surface area contributed by atoms with E-state index in [1.165, 1.54) is 5.56 Å². The van der Waals surface area contributed by atoms with Crippen LogP contribution < -0.4 is 16.6 Å². The molecule has 20 heavy (non-hydrogen) atoms. The number of hydrogen-bond donors (Lipinski definition) is 3. The van der Waals surface area contributed by atoms with Crippen LogP contribution in [0.25, 0.3) is 0 Å². The van der Waals surface area contributed by atoms with E-state index in [-0.39, 0.29) is 0 Å². The van der Waals surface area contributed by atoms with Crippen molar-refractivity contribution in [1.82, 2.24) is 9.97 Å². The molecule has 0 aliphatic carbocycles. The molecule has 5 heteroatoms. The molecule has 0 saturated carbocycles. The number of benzene rings is 1. The number of nitrogens with two attached hydrogens (primary N) is 1. The number of nitrogens with one attached hydrogen (secondary N) is 2. The van der Waals surface area contributed by atoms with E-state index in [2.05, 4.69) is 51.9 Å². The fourth-order valence-electron chi connectivity index (χ4n) is 1.98. The first kappa shape index (κ1) is 14.3. The van der Waals surface area contributed by atoms with Crippen molar-refractivity contribution in [2.24, 2.45) is 5.84 Å². The van der Waals surface area contributed by atoms with Crippen LogP contribution in [-0.4, -0.2) is 9.97 Å². The lowest BCUT2D eigenvalue weighted by molar-refractivity contribution is 0.922. The number of nitrogen functional groups attached to an aromatic ring is 1. The Morgan fingerprint density at radius 1 is 1.05 bits per heavy atom. The molecule has 0 spiro atoms. The molecule has 0 unspecified atom stereocenters. The molecule has 0 aliphatic rings. The molecule has 0 saturated heterocycles. The Morgan fingerprint density at radius 3 is 2.35 bits per heavy atom. The van der Waals surface area contributed by atoms with Crippen LogP contribution in [-0.2, 0) is 12.8 Å². The number of aromatic nitrogens is 2. The summed E-state index contributed by atoms with van der Waals surface area (Å²) in [5.74, 6) is 7.53. The zero-order valence-electron chi connectivity index (χ0n) is 12.0. The lowest BCUT2D eigenvalue weighted by atomic mass is 10.1. The molecule has 1 aromatic heterocycles. The maximum Gasteiger partial charge on any atom is 0.145 e. The molecule has 4 N–H and O–H groups in total. The van der Waals surface area contributed by atoms with Crippen LogP contribution in [0.2, 0.25) is 0 Å². The van der Waals surface area contributed by atoms with E-state index in [1.54, 1.807) is 6.07 Å². The van der Waals surface area contributed by atoms with Gasteiger partial charge in [-0.1, -0.05) is 32.4 Å². The molecule has 1 heterocycles. The Labute approximate surface area is 119 Å². The van der Waals surface area contributed by atoms with Gasteiger partial charge in [-0.15, -0.1) is 0 Å². The Balaban J connectivity index is 2.16. The van der Waals surface area contributed by atoms with Crippen LogP contribution >= 0.6 is 0 Å². The SMILES string of the molecule is CCCc1ccc(Nc2cc(NN)nc(CC)n2)cc1. The molecule has 0 bridgehead atoms. The van der Waals surface area contributed by atoms with Crippen molar-refractivity contribution in [3.05, 3.63) is 41.7 Å². The van der Waals surface area contributed by atoms with E-state index >= 15 is 0 Å². The van der Waals surface area contributed by atoms with Crippen molar-refractivity contribution in [1.29, 1.82) is 0 Å². The van der Waals surface area contributed by atoms with E-state index < -0.39 is 0 Å². The molecule has 0 radical (unpaired) electrons. The minimum atomic E-state index is 0.613. The monoisotopic (exact) mass is 271 g/mol. The highest BCUT2D eigenvalue weighted by Gasteiger charge is 2.03. The summed E-state index contributed by atoms with van der Waals surface area (Å²) >= 11 is 0. The molecule has 5 nitrogen and oxygen atoms in total. The van der Waals surface area contributed by atoms with Crippen molar-refractivity contribution < 1.29 is 0 Å². The van der Waals surface area contributed by atoms with Gasteiger partial charge in [0.1, 0.15) is 17.5 Å².